The van der Waals surface area contributed by atoms with Crippen LogP contribution in [-0.4, -0.2) is 71.1 Å². The number of anilines is 1. The van der Waals surface area contributed by atoms with Gasteiger partial charge >= 0.3 is 0 Å². The minimum atomic E-state index is -0.166. The monoisotopic (exact) mass is 366 g/mol. The molecule has 2 saturated heterocycles. The Labute approximate surface area is 160 Å². The van der Waals surface area contributed by atoms with Crippen LogP contribution in [0.5, 0.6) is 5.75 Å². The third kappa shape index (κ3) is 3.90. The Morgan fingerprint density at radius 2 is 1.78 bits per heavy atom. The van der Waals surface area contributed by atoms with Crippen molar-refractivity contribution in [2.24, 2.45) is 0 Å². The molecule has 0 aliphatic carbocycles. The first-order valence-corrected chi connectivity index (χ1v) is 9.69. The van der Waals surface area contributed by atoms with Gasteiger partial charge < -0.3 is 14.9 Å². The number of rotatable bonds is 3. The molecule has 6 nitrogen and oxygen atoms in total. The van der Waals surface area contributed by atoms with Crippen molar-refractivity contribution in [2.75, 3.05) is 44.2 Å². The van der Waals surface area contributed by atoms with E-state index in [-0.39, 0.29) is 17.4 Å². The topological polar surface area (TPSA) is 59.9 Å². The molecule has 0 radical (unpaired) electrons. The first-order chi connectivity index (χ1) is 13.2. The predicted octanol–water partition coefficient (Wildman–Crippen LogP) is 2.21. The summed E-state index contributed by atoms with van der Waals surface area (Å²) in [5.74, 6) is -0.207. The van der Waals surface area contributed by atoms with Crippen molar-refractivity contribution in [1.82, 2.24) is 14.8 Å². The molecule has 2 aromatic rings. The SMILES string of the molecule is O=C(c1ncccc1O)N1CCCC(N2CCN(c3ccccc3)CC2)C1. The molecule has 2 aliphatic rings. The fourth-order valence-corrected chi connectivity index (χ4v) is 4.13. The second kappa shape index (κ2) is 7.96. The van der Waals surface area contributed by atoms with E-state index >= 15 is 0 Å². The molecule has 0 saturated carbocycles. The summed E-state index contributed by atoms with van der Waals surface area (Å²) in [7, 11) is 0. The van der Waals surface area contributed by atoms with Gasteiger partial charge in [-0.15, -0.1) is 0 Å². The highest BCUT2D eigenvalue weighted by molar-refractivity contribution is 5.94. The van der Waals surface area contributed by atoms with Crippen molar-refractivity contribution in [1.29, 1.82) is 0 Å². The van der Waals surface area contributed by atoms with Crippen LogP contribution in [0.15, 0.2) is 48.7 Å². The van der Waals surface area contributed by atoms with Crippen LogP contribution < -0.4 is 4.90 Å². The summed E-state index contributed by atoms with van der Waals surface area (Å²) < 4.78 is 0. The first kappa shape index (κ1) is 17.8. The Bertz CT molecular complexity index is 775. The smallest absolute Gasteiger partial charge is 0.276 e. The molecule has 0 spiro atoms. The lowest BCUT2D eigenvalue weighted by Crippen LogP contribution is -2.56. The number of hydrogen-bond donors (Lipinski definition) is 1. The van der Waals surface area contributed by atoms with E-state index in [0.29, 0.717) is 12.6 Å². The van der Waals surface area contributed by atoms with Crippen molar-refractivity contribution in [3.8, 4) is 5.75 Å². The number of aromatic nitrogens is 1. The molecular weight excluding hydrogens is 340 g/mol. The molecule has 4 rings (SSSR count). The number of para-hydroxylation sites is 1. The van der Waals surface area contributed by atoms with Crippen molar-refractivity contribution in [3.63, 3.8) is 0 Å². The van der Waals surface area contributed by atoms with E-state index in [9.17, 15) is 9.90 Å². The van der Waals surface area contributed by atoms with Crippen molar-refractivity contribution in [2.45, 2.75) is 18.9 Å². The van der Waals surface area contributed by atoms with E-state index in [1.54, 1.807) is 12.3 Å². The van der Waals surface area contributed by atoms with Gasteiger partial charge in [-0.25, -0.2) is 4.98 Å². The molecule has 3 heterocycles. The van der Waals surface area contributed by atoms with E-state index in [4.69, 9.17) is 0 Å². The molecule has 142 valence electrons. The van der Waals surface area contributed by atoms with E-state index < -0.39 is 0 Å². The minimum absolute atomic E-state index is 0.0406. The largest absolute Gasteiger partial charge is 0.505 e. The lowest BCUT2D eigenvalue weighted by molar-refractivity contribution is 0.0555. The van der Waals surface area contributed by atoms with Crippen LogP contribution in [0.4, 0.5) is 5.69 Å². The van der Waals surface area contributed by atoms with Gasteiger partial charge in [0.25, 0.3) is 5.91 Å². The van der Waals surface area contributed by atoms with Gasteiger partial charge in [-0.3, -0.25) is 9.69 Å². The molecule has 1 unspecified atom stereocenters. The second-order valence-electron chi connectivity index (χ2n) is 7.28. The molecule has 6 heteroatoms. The quantitative estimate of drug-likeness (QED) is 0.903. The maximum atomic E-state index is 12.8. The number of piperazine rings is 1. The minimum Gasteiger partial charge on any atom is -0.505 e. The maximum absolute atomic E-state index is 12.8. The van der Waals surface area contributed by atoms with Crippen LogP contribution in [0, 0.1) is 0 Å². The Morgan fingerprint density at radius 1 is 1.00 bits per heavy atom. The fourth-order valence-electron chi connectivity index (χ4n) is 4.13. The number of hydrogen-bond acceptors (Lipinski definition) is 5. The first-order valence-electron chi connectivity index (χ1n) is 9.69. The molecule has 1 aromatic heterocycles. The summed E-state index contributed by atoms with van der Waals surface area (Å²) in [5, 5.41) is 9.94. The van der Waals surface area contributed by atoms with Gasteiger partial charge in [0, 0.05) is 57.2 Å². The van der Waals surface area contributed by atoms with Crippen molar-refractivity contribution >= 4 is 11.6 Å². The molecule has 2 fully saturated rings. The third-order valence-corrected chi connectivity index (χ3v) is 5.62. The number of carbonyl (C=O) groups is 1. The number of carbonyl (C=O) groups excluding carboxylic acids is 1. The van der Waals surface area contributed by atoms with E-state index in [1.807, 2.05) is 11.0 Å². The third-order valence-electron chi connectivity index (χ3n) is 5.62. The van der Waals surface area contributed by atoms with Crippen LogP contribution in [0.3, 0.4) is 0 Å². The van der Waals surface area contributed by atoms with Crippen molar-refractivity contribution in [3.05, 3.63) is 54.4 Å². The molecule has 1 aromatic carbocycles. The van der Waals surface area contributed by atoms with Gasteiger partial charge in [-0.05, 0) is 37.1 Å². The summed E-state index contributed by atoms with van der Waals surface area (Å²) in [6.07, 6.45) is 3.66. The average molecular weight is 366 g/mol. The summed E-state index contributed by atoms with van der Waals surface area (Å²) >= 11 is 0. The Kier molecular flexibility index (Phi) is 5.25. The molecule has 27 heavy (non-hydrogen) atoms. The molecule has 1 amide bonds. The van der Waals surface area contributed by atoms with Gasteiger partial charge in [-0.1, -0.05) is 18.2 Å². The van der Waals surface area contributed by atoms with Crippen LogP contribution in [0.1, 0.15) is 23.3 Å². The summed E-state index contributed by atoms with van der Waals surface area (Å²) in [4.78, 5) is 23.6. The summed E-state index contributed by atoms with van der Waals surface area (Å²) in [6.45, 7) is 5.48. The Balaban J connectivity index is 1.36. The Morgan fingerprint density at radius 3 is 2.52 bits per heavy atom. The van der Waals surface area contributed by atoms with Gasteiger partial charge in [-0.2, -0.15) is 0 Å². The number of piperidine rings is 1. The highest BCUT2D eigenvalue weighted by atomic mass is 16.3. The number of likely N-dealkylation sites (tertiary alicyclic amines) is 1. The zero-order valence-electron chi connectivity index (χ0n) is 15.5. The van der Waals surface area contributed by atoms with Crippen LogP contribution in [0.25, 0.3) is 0 Å². The van der Waals surface area contributed by atoms with Crippen LogP contribution in [0.2, 0.25) is 0 Å². The zero-order chi connectivity index (χ0) is 18.6. The average Bonchev–Trinajstić information content (AvgIpc) is 2.74. The number of pyridine rings is 1. The number of nitrogens with zero attached hydrogens (tertiary/aromatic N) is 4. The summed E-state index contributed by atoms with van der Waals surface area (Å²) in [6, 6.07) is 14.1. The molecule has 0 bridgehead atoms. The fraction of sp³-hybridized carbons (Fsp3) is 0.429. The van der Waals surface area contributed by atoms with Crippen molar-refractivity contribution < 1.29 is 9.90 Å². The zero-order valence-corrected chi connectivity index (χ0v) is 15.5. The van der Waals surface area contributed by atoms with Crippen LogP contribution >= 0.6 is 0 Å². The molecule has 1 N–H and O–H groups in total. The van der Waals surface area contributed by atoms with E-state index in [2.05, 4.69) is 39.0 Å². The second-order valence-corrected chi connectivity index (χ2v) is 7.28. The number of benzene rings is 1. The lowest BCUT2D eigenvalue weighted by Gasteiger charge is -2.43. The molecular formula is C21H26N4O2. The molecule has 1 atom stereocenters. The maximum Gasteiger partial charge on any atom is 0.276 e. The molecule has 2 aliphatic heterocycles. The van der Waals surface area contributed by atoms with Gasteiger partial charge in [0.15, 0.2) is 5.69 Å². The number of aromatic hydroxyl groups is 1. The predicted molar refractivity (Wildman–Crippen MR) is 105 cm³/mol. The van der Waals surface area contributed by atoms with Gasteiger partial charge in [0.2, 0.25) is 0 Å². The highest BCUT2D eigenvalue weighted by Crippen LogP contribution is 2.23. The van der Waals surface area contributed by atoms with Gasteiger partial charge in [0.05, 0.1) is 0 Å². The lowest BCUT2D eigenvalue weighted by atomic mass is 10.0. The Hall–Kier alpha value is -2.60. The van der Waals surface area contributed by atoms with Crippen LogP contribution in [-0.2, 0) is 0 Å². The van der Waals surface area contributed by atoms with E-state index in [1.165, 1.54) is 11.8 Å². The summed E-state index contributed by atoms with van der Waals surface area (Å²) in [5.41, 5.74) is 1.44. The number of amides is 1. The highest BCUT2D eigenvalue weighted by Gasteiger charge is 2.31. The van der Waals surface area contributed by atoms with Gasteiger partial charge in [0.1, 0.15) is 5.75 Å². The normalized spacial score (nSPS) is 21.3. The standard InChI is InChI=1S/C21H26N4O2/c26-19-9-4-10-22-20(19)21(27)25-11-5-8-18(16-25)24-14-12-23(13-15-24)17-6-2-1-3-7-17/h1-4,6-7,9-10,18,26H,5,8,11-16H2. The van der Waals surface area contributed by atoms with E-state index in [0.717, 1.165) is 45.6 Å².